The quantitative estimate of drug-likeness (QED) is 0.622. The van der Waals surface area contributed by atoms with Gasteiger partial charge in [-0.2, -0.15) is 0 Å². The van der Waals surface area contributed by atoms with E-state index in [2.05, 4.69) is 0 Å². The molecule has 1 heterocycles. The van der Waals surface area contributed by atoms with Gasteiger partial charge in [-0.1, -0.05) is 30.3 Å². The molecule has 1 aliphatic heterocycles. The van der Waals surface area contributed by atoms with Crippen molar-refractivity contribution in [3.8, 4) is 0 Å². The van der Waals surface area contributed by atoms with Crippen LogP contribution in [0.4, 0.5) is 4.39 Å². The largest absolute Gasteiger partial charge is 0.353 e. The molecular weight excluding hydrogens is 243 g/mol. The molecule has 19 heavy (non-hydrogen) atoms. The Morgan fingerprint density at radius 2 is 1.74 bits per heavy atom. The number of ketones is 1. The molecule has 0 amide bonds. The topological polar surface area (TPSA) is 29.6 Å². The molecule has 0 bridgehead atoms. The average Bonchev–Trinajstić information content (AvgIpc) is 3.14. The lowest BCUT2D eigenvalue weighted by Crippen LogP contribution is -2.16. The van der Waals surface area contributed by atoms with Crippen molar-refractivity contribution in [2.45, 2.75) is 18.6 Å². The molecule has 0 saturated carbocycles. The van der Waals surface area contributed by atoms with Crippen LogP contribution >= 0.6 is 0 Å². The number of halogens is 1. The molecule has 1 fully saturated rings. The maximum absolute atomic E-state index is 12.8. The molecule has 2 aromatic carbocycles. The van der Waals surface area contributed by atoms with Gasteiger partial charge < -0.3 is 4.74 Å². The van der Waals surface area contributed by atoms with E-state index in [1.54, 1.807) is 0 Å². The molecule has 0 N–H and O–H groups in total. The first-order chi connectivity index (χ1) is 9.11. The zero-order valence-corrected chi connectivity index (χ0v) is 10.5. The first kappa shape index (κ1) is 12.1. The summed E-state index contributed by atoms with van der Waals surface area (Å²) < 4.78 is 18.4. The first-order valence-corrected chi connectivity index (χ1v) is 6.14. The molecule has 2 aromatic rings. The second kappa shape index (κ2) is 4.28. The second-order valence-electron chi connectivity index (χ2n) is 4.84. The third-order valence-electron chi connectivity index (χ3n) is 3.52. The SMILES string of the molecule is C[C@@]1(c2ccccc2)O[C@H]1C(=O)c1ccc(F)cc1. The van der Waals surface area contributed by atoms with Crippen LogP contribution in [-0.4, -0.2) is 11.9 Å². The Kier molecular flexibility index (Phi) is 2.72. The average molecular weight is 256 g/mol. The van der Waals surface area contributed by atoms with Crippen molar-refractivity contribution in [2.24, 2.45) is 0 Å². The predicted octanol–water partition coefficient (Wildman–Crippen LogP) is 3.32. The summed E-state index contributed by atoms with van der Waals surface area (Å²) in [5.74, 6) is -0.453. The minimum Gasteiger partial charge on any atom is -0.353 e. The fraction of sp³-hybridized carbons (Fsp3) is 0.188. The maximum atomic E-state index is 12.8. The zero-order valence-electron chi connectivity index (χ0n) is 10.5. The minimum absolute atomic E-state index is 0.105. The summed E-state index contributed by atoms with van der Waals surface area (Å²) in [6, 6.07) is 15.2. The van der Waals surface area contributed by atoms with Crippen LogP contribution in [0.25, 0.3) is 0 Å². The van der Waals surface area contributed by atoms with Gasteiger partial charge in [0.1, 0.15) is 11.4 Å². The van der Waals surface area contributed by atoms with E-state index in [1.807, 2.05) is 37.3 Å². The van der Waals surface area contributed by atoms with Gasteiger partial charge in [0.25, 0.3) is 0 Å². The molecule has 0 spiro atoms. The van der Waals surface area contributed by atoms with Crippen molar-refractivity contribution >= 4 is 5.78 Å². The summed E-state index contributed by atoms with van der Waals surface area (Å²) in [5.41, 5.74) is 0.897. The molecule has 0 aromatic heterocycles. The third kappa shape index (κ3) is 2.06. The van der Waals surface area contributed by atoms with Crippen molar-refractivity contribution < 1.29 is 13.9 Å². The lowest BCUT2D eigenvalue weighted by atomic mass is 9.93. The third-order valence-corrected chi connectivity index (χ3v) is 3.52. The molecule has 96 valence electrons. The van der Waals surface area contributed by atoms with Gasteiger partial charge in [-0.15, -0.1) is 0 Å². The summed E-state index contributed by atoms with van der Waals surface area (Å²) in [7, 11) is 0. The lowest BCUT2D eigenvalue weighted by Gasteiger charge is -2.06. The number of carbonyl (C=O) groups is 1. The van der Waals surface area contributed by atoms with Gasteiger partial charge in [0.05, 0.1) is 0 Å². The van der Waals surface area contributed by atoms with Crippen LogP contribution in [-0.2, 0) is 10.3 Å². The number of ether oxygens (including phenoxy) is 1. The van der Waals surface area contributed by atoms with Crippen LogP contribution in [0.5, 0.6) is 0 Å². The summed E-state index contributed by atoms with van der Waals surface area (Å²) >= 11 is 0. The normalized spacial score (nSPS) is 25.1. The summed E-state index contributed by atoms with van der Waals surface area (Å²) in [5, 5.41) is 0. The van der Waals surface area contributed by atoms with E-state index in [-0.39, 0.29) is 11.6 Å². The molecule has 1 saturated heterocycles. The van der Waals surface area contributed by atoms with Crippen LogP contribution in [0.2, 0.25) is 0 Å². The van der Waals surface area contributed by atoms with Crippen molar-refractivity contribution in [1.29, 1.82) is 0 Å². The molecular formula is C16H13FO2. The number of rotatable bonds is 3. The summed E-state index contributed by atoms with van der Waals surface area (Å²) in [6.07, 6.45) is -0.486. The van der Waals surface area contributed by atoms with Gasteiger partial charge in [0.2, 0.25) is 0 Å². The predicted molar refractivity (Wildman–Crippen MR) is 69.4 cm³/mol. The van der Waals surface area contributed by atoms with Gasteiger partial charge in [0.15, 0.2) is 11.9 Å². The Morgan fingerprint density at radius 3 is 2.37 bits per heavy atom. The number of benzene rings is 2. The van der Waals surface area contributed by atoms with E-state index >= 15 is 0 Å². The summed E-state index contributed by atoms with van der Waals surface area (Å²) in [6.45, 7) is 1.90. The minimum atomic E-state index is -0.563. The molecule has 3 rings (SSSR count). The van der Waals surface area contributed by atoms with E-state index in [9.17, 15) is 9.18 Å². The van der Waals surface area contributed by atoms with Gasteiger partial charge in [-0.05, 0) is 36.8 Å². The van der Waals surface area contributed by atoms with Gasteiger partial charge in [0, 0.05) is 5.56 Å². The van der Waals surface area contributed by atoms with Crippen LogP contribution < -0.4 is 0 Å². The fourth-order valence-corrected chi connectivity index (χ4v) is 2.27. The van der Waals surface area contributed by atoms with E-state index < -0.39 is 11.7 Å². The van der Waals surface area contributed by atoms with Crippen LogP contribution in [0.3, 0.4) is 0 Å². The van der Waals surface area contributed by atoms with E-state index in [1.165, 1.54) is 24.3 Å². The molecule has 0 unspecified atom stereocenters. The fourth-order valence-electron chi connectivity index (χ4n) is 2.27. The molecule has 1 aliphatic rings. The van der Waals surface area contributed by atoms with Gasteiger partial charge >= 0.3 is 0 Å². The number of epoxide rings is 1. The zero-order chi connectivity index (χ0) is 13.5. The van der Waals surface area contributed by atoms with Crippen molar-refractivity contribution in [3.63, 3.8) is 0 Å². The van der Waals surface area contributed by atoms with E-state index in [0.717, 1.165) is 5.56 Å². The summed E-state index contributed by atoms with van der Waals surface area (Å²) in [4.78, 5) is 12.3. The standard InChI is InChI=1S/C16H13FO2/c1-16(12-5-3-2-4-6-12)15(19-16)14(18)11-7-9-13(17)10-8-11/h2-10,15H,1H3/t15-,16-/m0/s1. The maximum Gasteiger partial charge on any atom is 0.194 e. The monoisotopic (exact) mass is 256 g/mol. The van der Waals surface area contributed by atoms with Gasteiger partial charge in [-0.25, -0.2) is 4.39 Å². The smallest absolute Gasteiger partial charge is 0.194 e. The molecule has 2 nitrogen and oxygen atoms in total. The van der Waals surface area contributed by atoms with Crippen molar-refractivity contribution in [3.05, 3.63) is 71.5 Å². The number of Topliss-reactive ketones (excluding diaryl/α,β-unsaturated/α-hetero) is 1. The highest BCUT2D eigenvalue weighted by atomic mass is 19.1. The Hall–Kier alpha value is -2.00. The molecule has 0 aliphatic carbocycles. The van der Waals surface area contributed by atoms with Crippen molar-refractivity contribution in [1.82, 2.24) is 0 Å². The van der Waals surface area contributed by atoms with Crippen LogP contribution in [0, 0.1) is 5.82 Å². The highest BCUT2D eigenvalue weighted by molar-refractivity contribution is 6.02. The number of carbonyl (C=O) groups excluding carboxylic acids is 1. The Morgan fingerprint density at radius 1 is 1.11 bits per heavy atom. The second-order valence-corrected chi connectivity index (χ2v) is 4.84. The number of hydrogen-bond acceptors (Lipinski definition) is 2. The number of hydrogen-bond donors (Lipinski definition) is 0. The van der Waals surface area contributed by atoms with Crippen molar-refractivity contribution in [2.75, 3.05) is 0 Å². The van der Waals surface area contributed by atoms with E-state index in [4.69, 9.17) is 4.74 Å². The highest BCUT2D eigenvalue weighted by Crippen LogP contribution is 2.47. The Labute approximate surface area is 110 Å². The first-order valence-electron chi connectivity index (χ1n) is 6.14. The van der Waals surface area contributed by atoms with Crippen LogP contribution in [0.1, 0.15) is 22.8 Å². The molecule has 3 heteroatoms. The Bertz CT molecular complexity index is 606. The Balaban J connectivity index is 1.83. The lowest BCUT2D eigenvalue weighted by molar-refractivity contribution is 0.0953. The molecule has 2 atom stereocenters. The van der Waals surface area contributed by atoms with Gasteiger partial charge in [-0.3, -0.25) is 4.79 Å². The van der Waals surface area contributed by atoms with E-state index in [0.29, 0.717) is 5.56 Å². The molecule has 0 radical (unpaired) electrons. The van der Waals surface area contributed by atoms with Crippen LogP contribution in [0.15, 0.2) is 54.6 Å². The highest BCUT2D eigenvalue weighted by Gasteiger charge is 2.57.